The molecule has 0 radical (unpaired) electrons. The quantitative estimate of drug-likeness (QED) is 0.648. The minimum atomic E-state index is -2.84. The highest BCUT2D eigenvalue weighted by molar-refractivity contribution is 7.91. The molecule has 3 nitrogen and oxygen atoms in total. The molecule has 0 aromatic heterocycles. The van der Waals surface area contributed by atoms with Gasteiger partial charge in [0.2, 0.25) is 0 Å². The fraction of sp³-hybridized carbons (Fsp3) is 0.818. The van der Waals surface area contributed by atoms with Gasteiger partial charge in [0.1, 0.15) is 0 Å². The molecular weight excluding hydrogens is 210 g/mol. The molecule has 0 saturated carbocycles. The fourth-order valence-electron chi connectivity index (χ4n) is 1.25. The summed E-state index contributed by atoms with van der Waals surface area (Å²) in [5.74, 6) is 0.951. The van der Waals surface area contributed by atoms with E-state index in [0.29, 0.717) is 18.5 Å². The van der Waals surface area contributed by atoms with Crippen LogP contribution in [0, 0.1) is 5.92 Å². The summed E-state index contributed by atoms with van der Waals surface area (Å²) in [7, 11) is -2.84. The minimum Gasteiger partial charge on any atom is -0.313 e. The molecule has 1 N–H and O–H groups in total. The van der Waals surface area contributed by atoms with Crippen LogP contribution in [0.25, 0.3) is 0 Å². The normalized spacial score (nSPS) is 15.9. The highest BCUT2D eigenvalue weighted by Gasteiger charge is 2.12. The largest absolute Gasteiger partial charge is 0.313 e. The van der Waals surface area contributed by atoms with Crippen LogP contribution in [-0.4, -0.2) is 32.5 Å². The second-order valence-corrected chi connectivity index (χ2v) is 6.45. The Bertz CT molecular complexity index is 272. The molecule has 2 atom stereocenters. The van der Waals surface area contributed by atoms with E-state index in [1.54, 1.807) is 6.92 Å². The van der Waals surface area contributed by atoms with Gasteiger partial charge in [-0.05, 0) is 19.3 Å². The van der Waals surface area contributed by atoms with Crippen molar-refractivity contribution in [1.82, 2.24) is 5.32 Å². The van der Waals surface area contributed by atoms with Crippen LogP contribution >= 0.6 is 0 Å². The molecule has 0 heterocycles. The zero-order valence-corrected chi connectivity index (χ0v) is 10.8. The van der Waals surface area contributed by atoms with E-state index in [9.17, 15) is 8.42 Å². The van der Waals surface area contributed by atoms with E-state index in [-0.39, 0.29) is 11.5 Å². The molecule has 0 aromatic rings. The first-order chi connectivity index (χ1) is 6.93. The highest BCUT2D eigenvalue weighted by atomic mass is 32.2. The molecule has 0 spiro atoms. The summed E-state index contributed by atoms with van der Waals surface area (Å²) in [6, 6.07) is 0.329. The van der Waals surface area contributed by atoms with E-state index in [1.807, 2.05) is 6.08 Å². The van der Waals surface area contributed by atoms with Gasteiger partial charge in [-0.15, -0.1) is 6.58 Å². The van der Waals surface area contributed by atoms with Crippen molar-refractivity contribution >= 4 is 9.84 Å². The number of sulfone groups is 1. The van der Waals surface area contributed by atoms with Crippen LogP contribution in [0.15, 0.2) is 12.7 Å². The smallest absolute Gasteiger partial charge is 0.151 e. The predicted molar refractivity (Wildman–Crippen MR) is 65.8 cm³/mol. The number of hydrogen-bond acceptors (Lipinski definition) is 3. The Balaban J connectivity index is 3.81. The third-order valence-electron chi connectivity index (χ3n) is 2.71. The van der Waals surface area contributed by atoms with Crippen LogP contribution in [-0.2, 0) is 9.84 Å². The van der Waals surface area contributed by atoms with Crippen molar-refractivity contribution in [2.45, 2.75) is 33.2 Å². The van der Waals surface area contributed by atoms with Crippen LogP contribution in [0.2, 0.25) is 0 Å². The number of hydrogen-bond donors (Lipinski definition) is 1. The monoisotopic (exact) mass is 233 g/mol. The SMILES string of the molecule is C=CCC(C)C(C)NCCS(=O)(=O)CC. The van der Waals surface area contributed by atoms with Crippen molar-refractivity contribution in [2.24, 2.45) is 5.92 Å². The Morgan fingerprint density at radius 2 is 2.00 bits per heavy atom. The topological polar surface area (TPSA) is 46.2 Å². The van der Waals surface area contributed by atoms with Crippen molar-refractivity contribution in [3.05, 3.63) is 12.7 Å². The van der Waals surface area contributed by atoms with Crippen molar-refractivity contribution in [3.63, 3.8) is 0 Å². The molecule has 0 amide bonds. The standard InChI is InChI=1S/C11H23NO2S/c1-5-7-10(3)11(4)12-8-9-15(13,14)6-2/h5,10-12H,1,6-9H2,2-4H3. The van der Waals surface area contributed by atoms with E-state index < -0.39 is 9.84 Å². The molecule has 0 aliphatic carbocycles. The predicted octanol–water partition coefficient (Wildman–Crippen LogP) is 1.61. The van der Waals surface area contributed by atoms with E-state index in [1.165, 1.54) is 0 Å². The van der Waals surface area contributed by atoms with Crippen LogP contribution in [0.3, 0.4) is 0 Å². The molecule has 0 aliphatic heterocycles. The maximum atomic E-state index is 11.2. The van der Waals surface area contributed by atoms with E-state index in [4.69, 9.17) is 0 Å². The summed E-state index contributed by atoms with van der Waals surface area (Å²) in [5, 5.41) is 3.23. The first kappa shape index (κ1) is 14.6. The molecule has 2 unspecified atom stereocenters. The zero-order valence-electron chi connectivity index (χ0n) is 9.99. The van der Waals surface area contributed by atoms with Gasteiger partial charge in [0.05, 0.1) is 5.75 Å². The summed E-state index contributed by atoms with van der Waals surface area (Å²) in [5.41, 5.74) is 0. The van der Waals surface area contributed by atoms with Gasteiger partial charge in [0, 0.05) is 18.3 Å². The summed E-state index contributed by atoms with van der Waals surface area (Å²) >= 11 is 0. The van der Waals surface area contributed by atoms with Gasteiger partial charge in [-0.2, -0.15) is 0 Å². The third kappa shape index (κ3) is 6.68. The molecule has 0 fully saturated rings. The summed E-state index contributed by atoms with van der Waals surface area (Å²) in [6.45, 7) is 10.1. The summed E-state index contributed by atoms with van der Waals surface area (Å²) in [6.07, 6.45) is 2.85. The molecule has 0 bridgehead atoms. The van der Waals surface area contributed by atoms with Gasteiger partial charge in [0.25, 0.3) is 0 Å². The van der Waals surface area contributed by atoms with Crippen molar-refractivity contribution in [1.29, 1.82) is 0 Å². The number of nitrogens with one attached hydrogen (secondary N) is 1. The molecule has 0 aliphatic rings. The Morgan fingerprint density at radius 3 is 2.47 bits per heavy atom. The summed E-state index contributed by atoms with van der Waals surface area (Å²) in [4.78, 5) is 0. The van der Waals surface area contributed by atoms with Crippen molar-refractivity contribution in [2.75, 3.05) is 18.1 Å². The van der Waals surface area contributed by atoms with Crippen LogP contribution in [0.1, 0.15) is 27.2 Å². The lowest BCUT2D eigenvalue weighted by Gasteiger charge is -2.19. The van der Waals surface area contributed by atoms with Crippen LogP contribution < -0.4 is 5.32 Å². The lowest BCUT2D eigenvalue weighted by atomic mass is 10.0. The van der Waals surface area contributed by atoms with Crippen molar-refractivity contribution in [3.8, 4) is 0 Å². The molecule has 4 heteroatoms. The molecular formula is C11H23NO2S. The number of allylic oxidation sites excluding steroid dienone is 1. The van der Waals surface area contributed by atoms with Gasteiger partial charge in [0.15, 0.2) is 9.84 Å². The van der Waals surface area contributed by atoms with Crippen molar-refractivity contribution < 1.29 is 8.42 Å². The van der Waals surface area contributed by atoms with Gasteiger partial charge in [-0.25, -0.2) is 8.42 Å². The Labute approximate surface area is 93.9 Å². The number of rotatable bonds is 8. The lowest BCUT2D eigenvalue weighted by molar-refractivity contribution is 0.411. The van der Waals surface area contributed by atoms with Gasteiger partial charge < -0.3 is 5.32 Å². The average molecular weight is 233 g/mol. The third-order valence-corrected chi connectivity index (χ3v) is 4.42. The van der Waals surface area contributed by atoms with Gasteiger partial charge in [-0.1, -0.05) is 19.9 Å². The zero-order chi connectivity index (χ0) is 11.9. The van der Waals surface area contributed by atoms with Gasteiger partial charge >= 0.3 is 0 Å². The molecule has 15 heavy (non-hydrogen) atoms. The second-order valence-electron chi connectivity index (χ2n) is 3.98. The minimum absolute atomic E-state index is 0.227. The maximum absolute atomic E-state index is 11.2. The molecule has 90 valence electrons. The molecule has 0 rings (SSSR count). The Hall–Kier alpha value is -0.350. The van der Waals surface area contributed by atoms with E-state index >= 15 is 0 Å². The lowest BCUT2D eigenvalue weighted by Crippen LogP contribution is -2.35. The Kier molecular flexibility index (Phi) is 6.85. The molecule has 0 saturated heterocycles. The Morgan fingerprint density at radius 1 is 1.40 bits per heavy atom. The highest BCUT2D eigenvalue weighted by Crippen LogP contribution is 2.07. The van der Waals surface area contributed by atoms with Crippen LogP contribution in [0.5, 0.6) is 0 Å². The maximum Gasteiger partial charge on any atom is 0.151 e. The fourth-order valence-corrected chi connectivity index (χ4v) is 1.97. The van der Waals surface area contributed by atoms with E-state index in [2.05, 4.69) is 25.7 Å². The molecule has 0 aromatic carbocycles. The first-order valence-electron chi connectivity index (χ1n) is 5.47. The first-order valence-corrected chi connectivity index (χ1v) is 7.29. The second kappa shape index (κ2) is 7.01. The van der Waals surface area contributed by atoms with Gasteiger partial charge in [-0.3, -0.25) is 0 Å². The van der Waals surface area contributed by atoms with Crippen LogP contribution in [0.4, 0.5) is 0 Å². The average Bonchev–Trinajstić information content (AvgIpc) is 2.18. The summed E-state index contributed by atoms with van der Waals surface area (Å²) < 4.78 is 22.4. The van der Waals surface area contributed by atoms with E-state index in [0.717, 1.165) is 6.42 Å².